The number of methoxy groups -OCH3 is 1. The topological polar surface area (TPSA) is 48.1 Å². The number of pyridine rings is 1. The fourth-order valence-electron chi connectivity index (χ4n) is 1.82. The van der Waals surface area contributed by atoms with Crippen LogP contribution in [0.15, 0.2) is 36.7 Å². The second-order valence-corrected chi connectivity index (χ2v) is 4.14. The molecule has 1 unspecified atom stereocenters. The Bertz CT molecular complexity index is 557. The molecule has 0 saturated carbocycles. The molecule has 2 rings (SSSR count). The van der Waals surface area contributed by atoms with Gasteiger partial charge in [0.25, 0.3) is 0 Å². The Morgan fingerprint density at radius 1 is 1.22 bits per heavy atom. The summed E-state index contributed by atoms with van der Waals surface area (Å²) in [6.45, 7) is 1.96. The molecule has 0 aliphatic carbocycles. The van der Waals surface area contributed by atoms with Crippen LogP contribution < -0.4 is 10.5 Å². The van der Waals surface area contributed by atoms with E-state index < -0.39 is 6.04 Å². The first kappa shape index (κ1) is 12.5. The first-order chi connectivity index (χ1) is 8.61. The van der Waals surface area contributed by atoms with Crippen LogP contribution in [0.25, 0.3) is 0 Å². The molecule has 1 aromatic carbocycles. The molecule has 0 aliphatic heterocycles. The number of hydrogen-bond donors (Lipinski definition) is 1. The maximum atomic E-state index is 13.1. The van der Waals surface area contributed by atoms with E-state index in [1.54, 1.807) is 13.3 Å². The van der Waals surface area contributed by atoms with Crippen molar-refractivity contribution in [3.05, 3.63) is 59.2 Å². The third-order valence-corrected chi connectivity index (χ3v) is 2.88. The van der Waals surface area contributed by atoms with Crippen LogP contribution in [0.2, 0.25) is 0 Å². The number of nitrogens with zero attached hydrogens (tertiary/aromatic N) is 1. The lowest BCUT2D eigenvalue weighted by atomic mass is 9.99. The second kappa shape index (κ2) is 5.14. The minimum atomic E-state index is -0.414. The summed E-state index contributed by atoms with van der Waals surface area (Å²) in [7, 11) is 1.61. The van der Waals surface area contributed by atoms with Crippen LogP contribution in [0.4, 0.5) is 4.39 Å². The Morgan fingerprint density at radius 2 is 2.00 bits per heavy atom. The largest absolute Gasteiger partial charge is 0.496 e. The summed E-state index contributed by atoms with van der Waals surface area (Å²) in [6, 6.07) is 6.69. The summed E-state index contributed by atoms with van der Waals surface area (Å²) < 4.78 is 18.4. The molecule has 94 valence electrons. The van der Waals surface area contributed by atoms with Crippen molar-refractivity contribution in [2.75, 3.05) is 7.11 Å². The Hall–Kier alpha value is -1.94. The summed E-state index contributed by atoms with van der Waals surface area (Å²) in [4.78, 5) is 3.80. The average molecular weight is 246 g/mol. The number of hydrogen-bond acceptors (Lipinski definition) is 3. The van der Waals surface area contributed by atoms with Crippen LogP contribution in [0, 0.1) is 12.7 Å². The van der Waals surface area contributed by atoms with Crippen molar-refractivity contribution in [2.45, 2.75) is 13.0 Å². The molecule has 0 amide bonds. The van der Waals surface area contributed by atoms with Gasteiger partial charge in [-0.1, -0.05) is 12.1 Å². The highest BCUT2D eigenvalue weighted by Crippen LogP contribution is 2.25. The Kier molecular flexibility index (Phi) is 3.58. The average Bonchev–Trinajstić information content (AvgIpc) is 2.38. The van der Waals surface area contributed by atoms with E-state index in [0.29, 0.717) is 5.56 Å². The number of benzene rings is 1. The third kappa shape index (κ3) is 2.49. The van der Waals surface area contributed by atoms with Gasteiger partial charge in [0.1, 0.15) is 11.6 Å². The molecule has 2 N–H and O–H groups in total. The smallest absolute Gasteiger partial charge is 0.141 e. The van der Waals surface area contributed by atoms with Crippen molar-refractivity contribution in [3.63, 3.8) is 0 Å². The quantitative estimate of drug-likeness (QED) is 0.905. The van der Waals surface area contributed by atoms with Gasteiger partial charge in [-0.3, -0.25) is 4.98 Å². The molecular formula is C14H15FN2O. The zero-order valence-corrected chi connectivity index (χ0v) is 10.4. The van der Waals surface area contributed by atoms with Crippen molar-refractivity contribution in [2.24, 2.45) is 5.73 Å². The van der Waals surface area contributed by atoms with E-state index >= 15 is 0 Å². The predicted octanol–water partition coefficient (Wildman–Crippen LogP) is 2.59. The highest BCUT2D eigenvalue weighted by molar-refractivity contribution is 5.40. The maximum absolute atomic E-state index is 13.1. The summed E-state index contributed by atoms with van der Waals surface area (Å²) in [5, 5.41) is 0. The minimum Gasteiger partial charge on any atom is -0.496 e. The van der Waals surface area contributed by atoms with Gasteiger partial charge in [0.05, 0.1) is 19.3 Å². The maximum Gasteiger partial charge on any atom is 0.141 e. The van der Waals surface area contributed by atoms with E-state index in [2.05, 4.69) is 4.98 Å². The van der Waals surface area contributed by atoms with E-state index in [4.69, 9.17) is 10.5 Å². The van der Waals surface area contributed by atoms with Gasteiger partial charge < -0.3 is 10.5 Å². The van der Waals surface area contributed by atoms with Crippen molar-refractivity contribution in [1.29, 1.82) is 0 Å². The van der Waals surface area contributed by atoms with E-state index in [1.807, 2.05) is 25.1 Å². The van der Waals surface area contributed by atoms with E-state index in [1.165, 1.54) is 6.07 Å². The molecule has 1 atom stereocenters. The number of rotatable bonds is 3. The molecule has 1 heterocycles. The van der Waals surface area contributed by atoms with Crippen LogP contribution in [0.3, 0.4) is 0 Å². The van der Waals surface area contributed by atoms with Gasteiger partial charge in [-0.2, -0.15) is 0 Å². The standard InChI is InChI=1S/C14H15FN2O/c1-9-3-4-10(6-13(9)18-2)14(16)11-5-12(15)8-17-7-11/h3-8,14H,16H2,1-2H3. The van der Waals surface area contributed by atoms with Gasteiger partial charge in [-0.25, -0.2) is 4.39 Å². The molecule has 3 nitrogen and oxygen atoms in total. The van der Waals surface area contributed by atoms with Gasteiger partial charge in [-0.15, -0.1) is 0 Å². The van der Waals surface area contributed by atoms with E-state index in [0.717, 1.165) is 23.1 Å². The van der Waals surface area contributed by atoms with Gasteiger partial charge in [0, 0.05) is 6.20 Å². The van der Waals surface area contributed by atoms with Crippen molar-refractivity contribution in [3.8, 4) is 5.75 Å². The monoisotopic (exact) mass is 246 g/mol. The summed E-state index contributed by atoms with van der Waals surface area (Å²) in [6.07, 6.45) is 2.73. The van der Waals surface area contributed by atoms with E-state index in [-0.39, 0.29) is 5.82 Å². The van der Waals surface area contributed by atoms with Crippen LogP contribution in [-0.2, 0) is 0 Å². The Balaban J connectivity index is 2.36. The molecule has 1 aromatic heterocycles. The predicted molar refractivity (Wildman–Crippen MR) is 68.0 cm³/mol. The van der Waals surface area contributed by atoms with Gasteiger partial charge in [0.2, 0.25) is 0 Å². The molecule has 0 bridgehead atoms. The zero-order chi connectivity index (χ0) is 13.1. The molecule has 0 aliphatic rings. The molecule has 4 heteroatoms. The van der Waals surface area contributed by atoms with Crippen LogP contribution in [0.5, 0.6) is 5.75 Å². The number of aryl methyl sites for hydroxylation is 1. The van der Waals surface area contributed by atoms with Gasteiger partial charge in [-0.05, 0) is 35.7 Å². The Labute approximate surface area is 105 Å². The molecule has 0 radical (unpaired) electrons. The lowest BCUT2D eigenvalue weighted by Crippen LogP contribution is -2.12. The molecule has 0 spiro atoms. The molecule has 2 aromatic rings. The van der Waals surface area contributed by atoms with E-state index in [9.17, 15) is 4.39 Å². The molecular weight excluding hydrogens is 231 g/mol. The first-order valence-corrected chi connectivity index (χ1v) is 5.62. The zero-order valence-electron chi connectivity index (χ0n) is 10.4. The van der Waals surface area contributed by atoms with Crippen molar-refractivity contribution < 1.29 is 9.13 Å². The minimum absolute atomic E-state index is 0.387. The SMILES string of the molecule is COc1cc(C(N)c2cncc(F)c2)ccc1C. The molecule has 0 saturated heterocycles. The highest BCUT2D eigenvalue weighted by Gasteiger charge is 2.12. The number of ether oxygens (including phenoxy) is 1. The summed E-state index contributed by atoms with van der Waals surface area (Å²) in [5.74, 6) is 0.384. The number of nitrogens with two attached hydrogens (primary N) is 1. The van der Waals surface area contributed by atoms with Crippen molar-refractivity contribution in [1.82, 2.24) is 4.98 Å². The lowest BCUT2D eigenvalue weighted by molar-refractivity contribution is 0.411. The highest BCUT2D eigenvalue weighted by atomic mass is 19.1. The fourth-order valence-corrected chi connectivity index (χ4v) is 1.82. The van der Waals surface area contributed by atoms with Gasteiger partial charge >= 0.3 is 0 Å². The number of aromatic nitrogens is 1. The summed E-state index contributed by atoms with van der Waals surface area (Å²) in [5.41, 5.74) is 8.64. The number of halogens is 1. The normalized spacial score (nSPS) is 12.2. The second-order valence-electron chi connectivity index (χ2n) is 4.14. The van der Waals surface area contributed by atoms with Gasteiger partial charge in [0.15, 0.2) is 0 Å². The van der Waals surface area contributed by atoms with Crippen LogP contribution in [-0.4, -0.2) is 12.1 Å². The summed E-state index contributed by atoms with van der Waals surface area (Å²) >= 11 is 0. The third-order valence-electron chi connectivity index (χ3n) is 2.88. The molecule has 18 heavy (non-hydrogen) atoms. The first-order valence-electron chi connectivity index (χ1n) is 5.62. The van der Waals surface area contributed by atoms with Crippen LogP contribution in [0.1, 0.15) is 22.7 Å². The fraction of sp³-hybridized carbons (Fsp3) is 0.214. The Morgan fingerprint density at radius 3 is 2.67 bits per heavy atom. The molecule has 0 fully saturated rings. The van der Waals surface area contributed by atoms with Crippen molar-refractivity contribution >= 4 is 0 Å². The lowest BCUT2D eigenvalue weighted by Gasteiger charge is -2.14. The van der Waals surface area contributed by atoms with Crippen LogP contribution >= 0.6 is 0 Å².